The molecule has 0 heterocycles. The summed E-state index contributed by atoms with van der Waals surface area (Å²) in [5.41, 5.74) is 2.27. The van der Waals surface area contributed by atoms with Crippen LogP contribution in [0.25, 0.3) is 0 Å². The van der Waals surface area contributed by atoms with Crippen molar-refractivity contribution in [1.29, 1.82) is 0 Å². The van der Waals surface area contributed by atoms with Gasteiger partial charge in [0.2, 0.25) is 0 Å². The molecule has 1 spiro atoms. The zero-order chi connectivity index (χ0) is 67.5. The third-order valence-corrected chi connectivity index (χ3v) is 26.8. The number of hydrogen-bond donors (Lipinski definition) is 0. The highest BCUT2D eigenvalue weighted by Crippen LogP contribution is 2.47. The minimum absolute atomic E-state index is 0.550. The highest BCUT2D eigenvalue weighted by Gasteiger charge is 2.32. The molecule has 0 aromatic rings. The van der Waals surface area contributed by atoms with Gasteiger partial charge in [0.1, 0.15) is 0 Å². The van der Waals surface area contributed by atoms with Gasteiger partial charge in [-0.05, 0) is 169 Å². The summed E-state index contributed by atoms with van der Waals surface area (Å²) in [6.07, 6.45) is 122. The molecule has 4 rings (SSSR count). The van der Waals surface area contributed by atoms with E-state index in [2.05, 4.69) is 12.2 Å². The van der Waals surface area contributed by atoms with Crippen LogP contribution in [-0.2, 0) is 0 Å². The molecule has 0 aliphatic heterocycles. The highest BCUT2D eigenvalue weighted by atomic mass is 35.5. The van der Waals surface area contributed by atoms with E-state index in [-0.39, 0.29) is 0 Å². The van der Waals surface area contributed by atoms with Crippen LogP contribution in [0.2, 0.25) is 0 Å². The molecule has 4 aliphatic carbocycles. The van der Waals surface area contributed by atoms with Crippen molar-refractivity contribution in [2.24, 2.45) is 21.7 Å². The van der Waals surface area contributed by atoms with E-state index in [1.807, 2.05) is 0 Å². The summed E-state index contributed by atoms with van der Waals surface area (Å²) >= 11 is 25.2. The first-order valence-electron chi connectivity index (χ1n) is 44.9. The first kappa shape index (κ1) is 90.1. The second kappa shape index (κ2) is 66.8. The van der Waals surface area contributed by atoms with Crippen molar-refractivity contribution in [2.75, 3.05) is 23.5 Å². The molecule has 0 unspecified atom stereocenters. The molecule has 0 N–H and O–H groups in total. The molecule has 1 fully saturated rings. The number of fused-ring (bicyclic) bond motifs is 30. The fraction of sp³-hybridized carbons (Fsp3) is 0.978. The molecular weight excluding hydrogens is 1230 g/mol. The van der Waals surface area contributed by atoms with E-state index < -0.39 is 0 Å². The number of allylic oxidation sites excluding steroid dienone is 2. The Labute approximate surface area is 619 Å². The van der Waals surface area contributed by atoms with E-state index in [9.17, 15) is 0 Å². The van der Waals surface area contributed by atoms with Crippen LogP contribution in [-0.4, -0.2) is 23.5 Å². The van der Waals surface area contributed by atoms with Crippen LogP contribution in [0.4, 0.5) is 0 Å². The monoisotopic (exact) mass is 1410 g/mol. The number of halogens is 4. The summed E-state index contributed by atoms with van der Waals surface area (Å²) < 4.78 is 0. The summed E-state index contributed by atoms with van der Waals surface area (Å²) in [6, 6.07) is 0. The summed E-state index contributed by atoms with van der Waals surface area (Å²) in [6.45, 7) is 0. The lowest BCUT2D eigenvalue weighted by molar-refractivity contribution is 0.171. The minimum Gasteiger partial charge on any atom is -0.127 e. The standard InChI is InChI=1S/C91H172Cl4/c92-84-64-44-60-80-89-72-52-32-20-8-1-2-9-21-33-58-78-91(82-62-46-66-86-94,83-63-47-67-87-95)79-59-43-31-19-6-13-25-37-51-71-88(68-48-34-22-10-3-14-26-38-53-73-89)69-49-35-23-11-4-15-27-39-55-75-90(81-61-45-65-85-93,76-56-40-28-16-5-12-24-36-50-70-88)77-57-42-30-18-7-17-29-41-54-74-89/h22,34H,1-21,23-33,35-87H2/t88?,89-,90?/m0/s1. The predicted molar refractivity (Wildman–Crippen MR) is 436 cm³/mol. The SMILES string of the molecule is ClCCCCCC1(CCCCCCl)CCCCCCCCCCCC[C@]2(CCCCCCl)CCCCCCCC=CCCC3(CCCCCCCCCCC1)CCCCCCCCCCCC(CCCCCCl)(CCCCCCCCCCC3)CCCCCCCCCCC2. The molecule has 1 saturated carbocycles. The van der Waals surface area contributed by atoms with Crippen LogP contribution >= 0.6 is 46.4 Å². The highest BCUT2D eigenvalue weighted by molar-refractivity contribution is 6.18. The Kier molecular flexibility index (Phi) is 63.4. The second-order valence-electron chi connectivity index (χ2n) is 34.1. The van der Waals surface area contributed by atoms with Crippen molar-refractivity contribution in [2.45, 2.75) is 520 Å². The fourth-order valence-electron chi connectivity index (χ4n) is 19.4. The number of unbranched alkanes of at least 4 members (excludes halogenated alkanes) is 8. The zero-order valence-corrected chi connectivity index (χ0v) is 67.8. The lowest BCUT2D eigenvalue weighted by Crippen LogP contribution is -2.21. The van der Waals surface area contributed by atoms with Crippen molar-refractivity contribution in [3.05, 3.63) is 12.2 Å². The molecule has 0 nitrogen and oxygen atoms in total. The Morgan fingerprint density at radius 3 is 0.621 bits per heavy atom. The molecule has 0 saturated heterocycles. The van der Waals surface area contributed by atoms with Crippen LogP contribution in [0.1, 0.15) is 520 Å². The Morgan fingerprint density at radius 1 is 0.168 bits per heavy atom. The predicted octanol–water partition coefficient (Wildman–Crippen LogP) is 35.1. The Bertz CT molecular complexity index is 1530. The topological polar surface area (TPSA) is 0 Å². The normalized spacial score (nSPS) is 26.5. The van der Waals surface area contributed by atoms with Crippen molar-refractivity contribution in [3.8, 4) is 0 Å². The lowest BCUT2D eigenvalue weighted by atomic mass is 9.70. The quantitative estimate of drug-likeness (QED) is 0.0647. The van der Waals surface area contributed by atoms with Gasteiger partial charge in [-0.3, -0.25) is 0 Å². The van der Waals surface area contributed by atoms with Gasteiger partial charge in [0.05, 0.1) is 0 Å². The maximum Gasteiger partial charge on any atom is 0.0223 e. The van der Waals surface area contributed by atoms with Gasteiger partial charge in [-0.1, -0.05) is 385 Å². The molecule has 0 aromatic carbocycles. The average Bonchev–Trinajstić information content (AvgIpc) is 1.34. The smallest absolute Gasteiger partial charge is 0.0223 e. The summed E-state index contributed by atoms with van der Waals surface area (Å²) in [7, 11) is 0. The minimum atomic E-state index is 0.550. The maximum absolute atomic E-state index is 6.35. The Morgan fingerprint density at radius 2 is 0.368 bits per heavy atom. The van der Waals surface area contributed by atoms with Gasteiger partial charge in [-0.15, -0.1) is 46.4 Å². The number of rotatable bonds is 20. The summed E-state index contributed by atoms with van der Waals surface area (Å²) in [5.74, 6) is 3.34. The van der Waals surface area contributed by atoms with E-state index >= 15 is 0 Å². The largest absolute Gasteiger partial charge is 0.127 e. The molecule has 1 atom stereocenters. The van der Waals surface area contributed by atoms with Gasteiger partial charge >= 0.3 is 0 Å². The fourth-order valence-corrected chi connectivity index (χ4v) is 20.1. The lowest BCUT2D eigenvalue weighted by Gasteiger charge is -2.35. The molecule has 4 aliphatic rings. The van der Waals surface area contributed by atoms with Crippen molar-refractivity contribution in [1.82, 2.24) is 0 Å². The Hall–Kier alpha value is 0.900. The number of hydrogen-bond acceptors (Lipinski definition) is 0. The Balaban J connectivity index is 1.89. The van der Waals surface area contributed by atoms with Gasteiger partial charge in [0.25, 0.3) is 0 Å². The van der Waals surface area contributed by atoms with Crippen LogP contribution in [0.3, 0.4) is 0 Å². The number of alkyl halides is 4. The molecule has 4 heteroatoms. The van der Waals surface area contributed by atoms with Crippen LogP contribution < -0.4 is 0 Å². The average molecular weight is 1410 g/mol. The first-order chi connectivity index (χ1) is 47.0. The van der Waals surface area contributed by atoms with Gasteiger partial charge in [0.15, 0.2) is 0 Å². The second-order valence-corrected chi connectivity index (χ2v) is 35.6. The molecule has 95 heavy (non-hydrogen) atoms. The van der Waals surface area contributed by atoms with Gasteiger partial charge in [-0.2, -0.15) is 0 Å². The van der Waals surface area contributed by atoms with Gasteiger partial charge < -0.3 is 0 Å². The van der Waals surface area contributed by atoms with Gasteiger partial charge in [-0.25, -0.2) is 0 Å². The van der Waals surface area contributed by atoms with Crippen molar-refractivity contribution >= 4 is 46.4 Å². The molecule has 0 amide bonds. The van der Waals surface area contributed by atoms with Crippen LogP contribution in [0.5, 0.6) is 0 Å². The first-order valence-corrected chi connectivity index (χ1v) is 47.0. The molecular formula is C91H172Cl4. The van der Waals surface area contributed by atoms with E-state index in [4.69, 9.17) is 46.4 Å². The zero-order valence-electron chi connectivity index (χ0n) is 64.8. The van der Waals surface area contributed by atoms with E-state index in [1.54, 1.807) is 0 Å². The van der Waals surface area contributed by atoms with E-state index in [0.717, 1.165) is 23.5 Å². The van der Waals surface area contributed by atoms with E-state index in [0.29, 0.717) is 21.7 Å². The summed E-state index contributed by atoms with van der Waals surface area (Å²) in [4.78, 5) is 0. The van der Waals surface area contributed by atoms with Crippen LogP contribution in [0.15, 0.2) is 12.2 Å². The van der Waals surface area contributed by atoms with Crippen molar-refractivity contribution < 1.29 is 0 Å². The van der Waals surface area contributed by atoms with Crippen molar-refractivity contribution in [3.63, 3.8) is 0 Å². The summed E-state index contributed by atoms with van der Waals surface area (Å²) in [5, 5.41) is 0. The molecule has 3 bridgehead atoms. The molecule has 564 valence electrons. The van der Waals surface area contributed by atoms with Crippen LogP contribution in [0, 0.1) is 21.7 Å². The third-order valence-electron chi connectivity index (χ3n) is 25.8. The van der Waals surface area contributed by atoms with E-state index in [1.165, 1.54) is 520 Å². The van der Waals surface area contributed by atoms with Gasteiger partial charge in [0, 0.05) is 23.5 Å². The molecule has 0 aromatic heterocycles. The molecule has 0 radical (unpaired) electrons. The maximum atomic E-state index is 6.35. The third kappa shape index (κ3) is 51.7.